The van der Waals surface area contributed by atoms with Gasteiger partial charge >= 0.3 is 0 Å². The normalized spacial score (nSPS) is 12.2. The molecule has 0 bridgehead atoms. The fourth-order valence-corrected chi connectivity index (χ4v) is 2.52. The summed E-state index contributed by atoms with van der Waals surface area (Å²) in [6.07, 6.45) is 1.40. The van der Waals surface area contributed by atoms with Gasteiger partial charge in [-0.2, -0.15) is 0 Å². The van der Waals surface area contributed by atoms with E-state index in [2.05, 4.69) is 0 Å². The van der Waals surface area contributed by atoms with E-state index in [1.807, 2.05) is 6.07 Å². The van der Waals surface area contributed by atoms with Gasteiger partial charge in [-0.1, -0.05) is 18.2 Å². The lowest BCUT2D eigenvalue weighted by Gasteiger charge is -2.14. The maximum Gasteiger partial charge on any atom is 0.165 e. The summed E-state index contributed by atoms with van der Waals surface area (Å²) in [5, 5.41) is 0. The van der Waals surface area contributed by atoms with Crippen LogP contribution in [0, 0.1) is 17.6 Å². The molecular weight excluding hydrogens is 294 g/mol. The Hall–Kier alpha value is -1.61. The van der Waals surface area contributed by atoms with Crippen molar-refractivity contribution in [1.29, 1.82) is 0 Å². The molecule has 1 nitrogen and oxygen atoms in total. The van der Waals surface area contributed by atoms with Gasteiger partial charge in [0, 0.05) is 5.88 Å². The van der Waals surface area contributed by atoms with E-state index >= 15 is 0 Å². The summed E-state index contributed by atoms with van der Waals surface area (Å²) < 4.78 is 31.5. The fraction of sp³-hybridized carbons (Fsp3) is 0.294. The molecule has 4 heteroatoms. The molecule has 0 amide bonds. The van der Waals surface area contributed by atoms with Gasteiger partial charge in [-0.3, -0.25) is 0 Å². The van der Waals surface area contributed by atoms with Crippen molar-refractivity contribution in [2.75, 3.05) is 13.0 Å². The summed E-state index contributed by atoms with van der Waals surface area (Å²) in [6.45, 7) is 0. The monoisotopic (exact) mass is 310 g/mol. The molecule has 0 aliphatic carbocycles. The summed E-state index contributed by atoms with van der Waals surface area (Å²) >= 11 is 6.00. The molecule has 0 spiro atoms. The standard InChI is InChI=1S/C17H17ClF2O/c1-21-17-7-4-13(10-16(17)20)9-14(11-18)8-12-2-5-15(19)6-3-12/h2-7,10,14H,8-9,11H2,1H3. The van der Waals surface area contributed by atoms with Crippen LogP contribution >= 0.6 is 11.6 Å². The van der Waals surface area contributed by atoms with Gasteiger partial charge in [-0.25, -0.2) is 8.78 Å². The van der Waals surface area contributed by atoms with Crippen LogP contribution in [0.3, 0.4) is 0 Å². The van der Waals surface area contributed by atoms with Crippen molar-refractivity contribution >= 4 is 11.6 Å². The van der Waals surface area contributed by atoms with E-state index in [4.69, 9.17) is 16.3 Å². The first kappa shape index (κ1) is 15.8. The first-order valence-corrected chi connectivity index (χ1v) is 7.28. The van der Waals surface area contributed by atoms with E-state index in [0.717, 1.165) is 17.5 Å². The van der Waals surface area contributed by atoms with Gasteiger partial charge in [0.15, 0.2) is 11.6 Å². The second-order valence-electron chi connectivity index (χ2n) is 5.02. The molecule has 2 aromatic rings. The van der Waals surface area contributed by atoms with E-state index in [1.165, 1.54) is 25.3 Å². The van der Waals surface area contributed by atoms with Crippen LogP contribution in [0.15, 0.2) is 42.5 Å². The van der Waals surface area contributed by atoms with Crippen LogP contribution < -0.4 is 4.74 Å². The zero-order valence-corrected chi connectivity index (χ0v) is 12.5. The van der Waals surface area contributed by atoms with E-state index in [-0.39, 0.29) is 23.3 Å². The van der Waals surface area contributed by atoms with E-state index in [1.54, 1.807) is 18.2 Å². The van der Waals surface area contributed by atoms with Crippen LogP contribution in [0.4, 0.5) is 8.78 Å². The van der Waals surface area contributed by atoms with Crippen molar-refractivity contribution in [2.24, 2.45) is 5.92 Å². The summed E-state index contributed by atoms with van der Waals surface area (Å²) in [6, 6.07) is 11.3. The number of halogens is 3. The van der Waals surface area contributed by atoms with E-state index in [9.17, 15) is 8.78 Å². The molecule has 0 aromatic heterocycles. The molecule has 0 saturated heterocycles. The fourth-order valence-electron chi connectivity index (χ4n) is 2.31. The van der Waals surface area contributed by atoms with Crippen molar-refractivity contribution < 1.29 is 13.5 Å². The molecule has 0 fully saturated rings. The molecule has 112 valence electrons. The van der Waals surface area contributed by atoms with Crippen LogP contribution in [0.2, 0.25) is 0 Å². The largest absolute Gasteiger partial charge is 0.494 e. The summed E-state index contributed by atoms with van der Waals surface area (Å²) in [7, 11) is 1.44. The Kier molecular flexibility index (Phi) is 5.57. The number of methoxy groups -OCH3 is 1. The summed E-state index contributed by atoms with van der Waals surface area (Å²) in [5.41, 5.74) is 1.90. The van der Waals surface area contributed by atoms with Crippen LogP contribution in [-0.4, -0.2) is 13.0 Å². The molecule has 1 atom stereocenters. The quantitative estimate of drug-likeness (QED) is 0.708. The molecule has 0 N–H and O–H groups in total. The Morgan fingerprint density at radius 3 is 2.19 bits per heavy atom. The Labute approximate surface area is 128 Å². The van der Waals surface area contributed by atoms with Gasteiger partial charge in [0.1, 0.15) is 5.82 Å². The SMILES string of the molecule is COc1ccc(CC(CCl)Cc2ccc(F)cc2)cc1F. The van der Waals surface area contributed by atoms with Gasteiger partial charge in [-0.15, -0.1) is 11.6 Å². The third-order valence-electron chi connectivity index (χ3n) is 3.40. The molecule has 21 heavy (non-hydrogen) atoms. The topological polar surface area (TPSA) is 9.23 Å². The number of benzene rings is 2. The number of ether oxygens (including phenoxy) is 1. The van der Waals surface area contributed by atoms with Crippen LogP contribution in [0.5, 0.6) is 5.75 Å². The van der Waals surface area contributed by atoms with Crippen LogP contribution in [0.25, 0.3) is 0 Å². The van der Waals surface area contributed by atoms with E-state index in [0.29, 0.717) is 12.3 Å². The highest BCUT2D eigenvalue weighted by Crippen LogP contribution is 2.22. The van der Waals surface area contributed by atoms with Crippen molar-refractivity contribution in [3.05, 3.63) is 65.2 Å². The predicted octanol–water partition coefficient (Wildman–Crippen LogP) is 4.61. The van der Waals surface area contributed by atoms with Gasteiger partial charge in [0.25, 0.3) is 0 Å². The molecule has 0 radical (unpaired) electrons. The second kappa shape index (κ2) is 7.41. The van der Waals surface area contributed by atoms with Crippen molar-refractivity contribution in [3.8, 4) is 5.75 Å². The molecular formula is C17H17ClF2O. The lowest BCUT2D eigenvalue weighted by atomic mass is 9.94. The van der Waals surface area contributed by atoms with Gasteiger partial charge in [-0.05, 0) is 54.2 Å². The van der Waals surface area contributed by atoms with E-state index < -0.39 is 0 Å². The Morgan fingerprint density at radius 1 is 1.00 bits per heavy atom. The predicted molar refractivity (Wildman–Crippen MR) is 81.0 cm³/mol. The molecule has 0 heterocycles. The number of hydrogen-bond acceptors (Lipinski definition) is 1. The van der Waals surface area contributed by atoms with Gasteiger partial charge in [0.2, 0.25) is 0 Å². The lowest BCUT2D eigenvalue weighted by molar-refractivity contribution is 0.386. The average molecular weight is 311 g/mol. The Balaban J connectivity index is 2.05. The maximum atomic E-state index is 13.7. The van der Waals surface area contributed by atoms with Crippen molar-refractivity contribution in [1.82, 2.24) is 0 Å². The van der Waals surface area contributed by atoms with Crippen LogP contribution in [-0.2, 0) is 12.8 Å². The second-order valence-corrected chi connectivity index (χ2v) is 5.33. The average Bonchev–Trinajstić information content (AvgIpc) is 2.49. The maximum absolute atomic E-state index is 13.7. The molecule has 0 aliphatic rings. The highest BCUT2D eigenvalue weighted by molar-refractivity contribution is 6.18. The summed E-state index contributed by atoms with van der Waals surface area (Å²) in [4.78, 5) is 0. The minimum atomic E-state index is -0.370. The summed E-state index contributed by atoms with van der Waals surface area (Å²) in [5.74, 6) is 0.249. The van der Waals surface area contributed by atoms with Gasteiger partial charge in [0.05, 0.1) is 7.11 Å². The number of rotatable bonds is 6. The molecule has 0 saturated carbocycles. The minimum Gasteiger partial charge on any atom is -0.494 e. The molecule has 2 rings (SSSR count). The number of hydrogen-bond donors (Lipinski definition) is 0. The Morgan fingerprint density at radius 2 is 1.62 bits per heavy atom. The van der Waals surface area contributed by atoms with Crippen LogP contribution in [0.1, 0.15) is 11.1 Å². The molecule has 0 aliphatic heterocycles. The van der Waals surface area contributed by atoms with Gasteiger partial charge < -0.3 is 4.74 Å². The first-order chi connectivity index (χ1) is 10.1. The minimum absolute atomic E-state index is 0.171. The third kappa shape index (κ3) is 4.43. The molecule has 1 unspecified atom stereocenters. The third-order valence-corrected chi connectivity index (χ3v) is 3.83. The highest BCUT2D eigenvalue weighted by atomic mass is 35.5. The molecule has 2 aromatic carbocycles. The zero-order chi connectivity index (χ0) is 15.2. The zero-order valence-electron chi connectivity index (χ0n) is 11.8. The first-order valence-electron chi connectivity index (χ1n) is 6.75. The Bertz CT molecular complexity index is 584. The van der Waals surface area contributed by atoms with Crippen molar-refractivity contribution in [2.45, 2.75) is 12.8 Å². The van der Waals surface area contributed by atoms with Crippen molar-refractivity contribution in [3.63, 3.8) is 0 Å². The highest BCUT2D eigenvalue weighted by Gasteiger charge is 2.12. The number of alkyl halides is 1. The smallest absolute Gasteiger partial charge is 0.165 e. The lowest BCUT2D eigenvalue weighted by Crippen LogP contribution is -2.10.